The average Bonchev–Trinajstić information content (AvgIpc) is 2.43. The van der Waals surface area contributed by atoms with Crippen molar-refractivity contribution in [2.24, 2.45) is 0 Å². The molecular weight excluding hydrogens is 258 g/mol. The fourth-order valence-electron chi connectivity index (χ4n) is 2.15. The summed E-state index contributed by atoms with van der Waals surface area (Å²) in [5.74, 6) is 0. The van der Waals surface area contributed by atoms with Crippen LogP contribution in [0.2, 0.25) is 0 Å². The maximum atomic E-state index is 6.08. The molecule has 0 amide bonds. The fraction of sp³-hybridized carbons (Fsp3) is 0.684. The molecule has 1 rings (SSSR count). The molecule has 0 saturated heterocycles. The molecular formula is C19H33NO. The van der Waals surface area contributed by atoms with Gasteiger partial charge in [0.2, 0.25) is 0 Å². The molecule has 0 aliphatic rings. The van der Waals surface area contributed by atoms with Gasteiger partial charge in [-0.1, -0.05) is 58.9 Å². The minimum atomic E-state index is -0.0565. The predicted molar refractivity (Wildman–Crippen MR) is 91.9 cm³/mol. The van der Waals surface area contributed by atoms with E-state index < -0.39 is 0 Å². The van der Waals surface area contributed by atoms with Crippen LogP contribution in [0.15, 0.2) is 24.3 Å². The highest BCUT2D eigenvalue weighted by molar-refractivity contribution is 5.29. The maximum Gasteiger partial charge on any atom is 0.0668 e. The van der Waals surface area contributed by atoms with Crippen LogP contribution < -0.4 is 5.32 Å². The summed E-state index contributed by atoms with van der Waals surface area (Å²) >= 11 is 0. The van der Waals surface area contributed by atoms with E-state index in [0.717, 1.165) is 13.0 Å². The molecule has 1 aromatic rings. The van der Waals surface area contributed by atoms with E-state index in [9.17, 15) is 0 Å². The Kier molecular flexibility index (Phi) is 6.42. The van der Waals surface area contributed by atoms with Gasteiger partial charge in [-0.2, -0.15) is 0 Å². The van der Waals surface area contributed by atoms with E-state index in [-0.39, 0.29) is 17.1 Å². The topological polar surface area (TPSA) is 21.3 Å². The van der Waals surface area contributed by atoms with Gasteiger partial charge in [0.1, 0.15) is 0 Å². The van der Waals surface area contributed by atoms with Gasteiger partial charge in [-0.25, -0.2) is 0 Å². The Hall–Kier alpha value is -0.860. The molecule has 1 N–H and O–H groups in total. The third-order valence-corrected chi connectivity index (χ3v) is 4.12. The molecule has 120 valence electrons. The average molecular weight is 291 g/mol. The van der Waals surface area contributed by atoms with Gasteiger partial charge in [0.05, 0.1) is 18.2 Å². The van der Waals surface area contributed by atoms with Gasteiger partial charge in [-0.3, -0.25) is 0 Å². The Morgan fingerprint density at radius 1 is 1.00 bits per heavy atom. The van der Waals surface area contributed by atoms with Gasteiger partial charge in [-0.15, -0.1) is 0 Å². The van der Waals surface area contributed by atoms with Gasteiger partial charge >= 0.3 is 0 Å². The number of benzene rings is 1. The normalized spacial score (nSPS) is 14.2. The Bertz CT molecular complexity index is 414. The molecule has 0 aliphatic heterocycles. The molecule has 1 unspecified atom stereocenters. The van der Waals surface area contributed by atoms with Crippen LogP contribution >= 0.6 is 0 Å². The van der Waals surface area contributed by atoms with Crippen molar-refractivity contribution in [3.63, 3.8) is 0 Å². The summed E-state index contributed by atoms with van der Waals surface area (Å²) in [7, 11) is 0. The quantitative estimate of drug-likeness (QED) is 0.776. The molecule has 0 saturated carbocycles. The molecule has 1 aromatic carbocycles. The Labute approximate surface area is 131 Å². The molecule has 0 heterocycles. The molecule has 2 nitrogen and oxygen atoms in total. The summed E-state index contributed by atoms with van der Waals surface area (Å²) in [5.41, 5.74) is 2.82. The highest BCUT2D eigenvalue weighted by atomic mass is 16.5. The summed E-state index contributed by atoms with van der Waals surface area (Å²) in [4.78, 5) is 0. The molecule has 0 aliphatic carbocycles. The van der Waals surface area contributed by atoms with Crippen molar-refractivity contribution in [1.29, 1.82) is 0 Å². The van der Waals surface area contributed by atoms with Crippen molar-refractivity contribution in [3.8, 4) is 0 Å². The lowest BCUT2D eigenvalue weighted by Gasteiger charge is -2.28. The molecule has 1 atom stereocenters. The number of likely N-dealkylation sites (N-methyl/N-ethyl adjacent to an activating group) is 1. The van der Waals surface area contributed by atoms with E-state index in [1.165, 1.54) is 11.1 Å². The molecule has 0 bridgehead atoms. The van der Waals surface area contributed by atoms with Crippen LogP contribution in [0.25, 0.3) is 0 Å². The van der Waals surface area contributed by atoms with E-state index in [1.54, 1.807) is 0 Å². The molecule has 21 heavy (non-hydrogen) atoms. The number of ether oxygens (including phenoxy) is 1. The van der Waals surface area contributed by atoms with Crippen molar-refractivity contribution < 1.29 is 4.74 Å². The molecule has 2 heteroatoms. The van der Waals surface area contributed by atoms with Crippen LogP contribution in [-0.4, -0.2) is 18.8 Å². The van der Waals surface area contributed by atoms with Crippen LogP contribution in [0.4, 0.5) is 0 Å². The maximum absolute atomic E-state index is 6.08. The predicted octanol–water partition coefficient (Wildman–Crippen LogP) is 4.84. The third kappa shape index (κ3) is 5.80. The lowest BCUT2D eigenvalue weighted by atomic mass is 9.86. The van der Waals surface area contributed by atoms with Crippen LogP contribution in [0.3, 0.4) is 0 Å². The Balaban J connectivity index is 2.81. The first-order chi connectivity index (χ1) is 9.69. The zero-order valence-corrected chi connectivity index (χ0v) is 14.9. The van der Waals surface area contributed by atoms with Gasteiger partial charge < -0.3 is 10.1 Å². The van der Waals surface area contributed by atoms with E-state index in [4.69, 9.17) is 4.74 Å². The first-order valence-electron chi connectivity index (χ1n) is 8.17. The first-order valence-corrected chi connectivity index (χ1v) is 8.17. The lowest BCUT2D eigenvalue weighted by molar-refractivity contribution is -0.0306. The minimum absolute atomic E-state index is 0.0565. The van der Waals surface area contributed by atoms with Crippen LogP contribution in [0.1, 0.15) is 72.1 Å². The zero-order chi connectivity index (χ0) is 16.1. The van der Waals surface area contributed by atoms with Crippen molar-refractivity contribution in [3.05, 3.63) is 35.4 Å². The fourth-order valence-corrected chi connectivity index (χ4v) is 2.15. The van der Waals surface area contributed by atoms with E-state index in [1.807, 2.05) is 0 Å². The standard InChI is InChI=1S/C19H33NO/c1-8-19(6,7)21-14-17(20-9-2)15-10-12-16(13-11-15)18(3,4)5/h10-13,17,20H,8-9,14H2,1-7H3. The monoisotopic (exact) mass is 291 g/mol. The van der Waals surface area contributed by atoms with Crippen molar-refractivity contribution in [2.45, 2.75) is 71.9 Å². The largest absolute Gasteiger partial charge is 0.374 e. The zero-order valence-electron chi connectivity index (χ0n) is 14.9. The number of hydrogen-bond acceptors (Lipinski definition) is 2. The summed E-state index contributed by atoms with van der Waals surface area (Å²) in [6.07, 6.45) is 1.02. The van der Waals surface area contributed by atoms with Crippen molar-refractivity contribution >= 4 is 0 Å². The van der Waals surface area contributed by atoms with Crippen molar-refractivity contribution in [1.82, 2.24) is 5.32 Å². The second kappa shape index (κ2) is 7.42. The number of hydrogen-bond donors (Lipinski definition) is 1. The van der Waals surface area contributed by atoms with Gasteiger partial charge in [0.15, 0.2) is 0 Å². The van der Waals surface area contributed by atoms with Crippen LogP contribution in [0.5, 0.6) is 0 Å². The summed E-state index contributed by atoms with van der Waals surface area (Å²) in [5, 5.41) is 3.53. The smallest absolute Gasteiger partial charge is 0.0668 e. The minimum Gasteiger partial charge on any atom is -0.374 e. The third-order valence-electron chi connectivity index (χ3n) is 4.12. The SMILES string of the molecule is CCNC(COC(C)(C)CC)c1ccc(C(C)(C)C)cc1. The summed E-state index contributed by atoms with van der Waals surface area (Å²) in [6.45, 7) is 17.0. The van der Waals surface area contributed by atoms with Crippen molar-refractivity contribution in [2.75, 3.05) is 13.2 Å². The van der Waals surface area contributed by atoms with Gasteiger partial charge in [0.25, 0.3) is 0 Å². The highest BCUT2D eigenvalue weighted by Gasteiger charge is 2.20. The van der Waals surface area contributed by atoms with Gasteiger partial charge in [-0.05, 0) is 43.4 Å². The molecule has 0 aromatic heterocycles. The lowest BCUT2D eigenvalue weighted by Crippen LogP contribution is -2.31. The Morgan fingerprint density at radius 3 is 2.00 bits per heavy atom. The second-order valence-electron chi connectivity index (χ2n) is 7.41. The summed E-state index contributed by atoms with van der Waals surface area (Å²) < 4.78 is 6.08. The number of nitrogens with one attached hydrogen (secondary N) is 1. The van der Waals surface area contributed by atoms with E-state index in [0.29, 0.717) is 6.61 Å². The van der Waals surface area contributed by atoms with Crippen LogP contribution in [0, 0.1) is 0 Å². The molecule has 0 fully saturated rings. The van der Waals surface area contributed by atoms with E-state index in [2.05, 4.69) is 78.0 Å². The second-order valence-corrected chi connectivity index (χ2v) is 7.41. The van der Waals surface area contributed by atoms with Gasteiger partial charge in [0, 0.05) is 0 Å². The number of rotatable bonds is 7. The van der Waals surface area contributed by atoms with E-state index >= 15 is 0 Å². The molecule has 0 spiro atoms. The summed E-state index contributed by atoms with van der Waals surface area (Å²) in [6, 6.07) is 9.21. The molecule has 0 radical (unpaired) electrons. The Morgan fingerprint density at radius 2 is 1.57 bits per heavy atom. The first kappa shape index (κ1) is 18.2. The van der Waals surface area contributed by atoms with Crippen LogP contribution in [-0.2, 0) is 10.2 Å². The highest BCUT2D eigenvalue weighted by Crippen LogP contribution is 2.25.